The number of hydrogen-bond donors (Lipinski definition) is 1. The van der Waals surface area contributed by atoms with Crippen LogP contribution < -0.4 is 5.73 Å². The Morgan fingerprint density at radius 1 is 1.05 bits per heavy atom. The molecule has 1 fully saturated rings. The van der Waals surface area contributed by atoms with Crippen LogP contribution in [0.3, 0.4) is 0 Å². The van der Waals surface area contributed by atoms with Gasteiger partial charge >= 0.3 is 0 Å². The number of nitrogens with two attached hydrogens (primary N) is 1. The van der Waals surface area contributed by atoms with Gasteiger partial charge in [0.15, 0.2) is 0 Å². The fraction of sp³-hybridized carbons (Fsp3) is 0.353. The van der Waals surface area contributed by atoms with Crippen molar-refractivity contribution in [2.75, 3.05) is 0 Å². The van der Waals surface area contributed by atoms with Crippen molar-refractivity contribution in [1.82, 2.24) is 15.1 Å². The van der Waals surface area contributed by atoms with Gasteiger partial charge in [-0.3, -0.25) is 4.98 Å². The van der Waals surface area contributed by atoms with Crippen molar-refractivity contribution in [1.29, 1.82) is 0 Å². The molecular weight excluding hydrogens is 276 g/mol. The first-order valence-corrected chi connectivity index (χ1v) is 7.73. The lowest BCUT2D eigenvalue weighted by atomic mass is 9.82. The molecular formula is C17H18N4O. The first-order chi connectivity index (χ1) is 10.8. The minimum absolute atomic E-state index is 0.478. The van der Waals surface area contributed by atoms with Gasteiger partial charge in [-0.2, -0.15) is 4.98 Å². The van der Waals surface area contributed by atoms with Crippen molar-refractivity contribution in [2.45, 2.75) is 37.6 Å². The predicted octanol–water partition coefficient (Wildman–Crippen LogP) is 3.40. The second-order valence-electron chi connectivity index (χ2n) is 6.02. The van der Waals surface area contributed by atoms with Gasteiger partial charge in [0.05, 0.1) is 5.54 Å². The van der Waals surface area contributed by atoms with E-state index in [0.29, 0.717) is 11.7 Å². The van der Waals surface area contributed by atoms with Crippen molar-refractivity contribution < 1.29 is 4.52 Å². The van der Waals surface area contributed by atoms with Gasteiger partial charge in [-0.25, -0.2) is 0 Å². The van der Waals surface area contributed by atoms with E-state index in [1.165, 1.54) is 6.42 Å². The molecule has 0 amide bonds. The van der Waals surface area contributed by atoms with E-state index in [4.69, 9.17) is 10.3 Å². The summed E-state index contributed by atoms with van der Waals surface area (Å²) in [6.07, 6.45) is 7.02. The summed E-state index contributed by atoms with van der Waals surface area (Å²) in [5, 5.41) is 6.26. The van der Waals surface area contributed by atoms with Gasteiger partial charge < -0.3 is 10.3 Å². The molecule has 2 aromatic heterocycles. The second-order valence-corrected chi connectivity index (χ2v) is 6.02. The highest BCUT2D eigenvalue weighted by molar-refractivity contribution is 5.92. The van der Waals surface area contributed by atoms with E-state index in [1.807, 2.05) is 30.3 Å². The minimum Gasteiger partial charge on any atom is -0.337 e. The molecule has 0 radical (unpaired) electrons. The zero-order valence-corrected chi connectivity index (χ0v) is 12.3. The number of benzene rings is 1. The molecule has 5 nitrogen and oxygen atoms in total. The Labute approximate surface area is 128 Å². The molecule has 112 valence electrons. The molecule has 0 atom stereocenters. The highest BCUT2D eigenvalue weighted by Gasteiger charge is 2.35. The Morgan fingerprint density at radius 2 is 1.86 bits per heavy atom. The zero-order chi connectivity index (χ0) is 15.0. The van der Waals surface area contributed by atoms with Crippen LogP contribution in [0.15, 0.2) is 41.1 Å². The van der Waals surface area contributed by atoms with Crippen LogP contribution in [-0.2, 0) is 5.54 Å². The molecule has 1 aliphatic rings. The lowest BCUT2D eigenvalue weighted by molar-refractivity contribution is 0.220. The van der Waals surface area contributed by atoms with E-state index in [-0.39, 0.29) is 0 Å². The van der Waals surface area contributed by atoms with Gasteiger partial charge in [0.1, 0.15) is 5.69 Å². The second kappa shape index (κ2) is 5.18. The van der Waals surface area contributed by atoms with Crippen LogP contribution in [0.4, 0.5) is 0 Å². The molecule has 0 saturated heterocycles. The first kappa shape index (κ1) is 13.4. The van der Waals surface area contributed by atoms with Crippen molar-refractivity contribution in [2.24, 2.45) is 5.73 Å². The largest absolute Gasteiger partial charge is 0.337 e. The van der Waals surface area contributed by atoms with E-state index in [1.54, 1.807) is 6.20 Å². The Hall–Kier alpha value is -2.27. The lowest BCUT2D eigenvalue weighted by Gasteiger charge is -2.29. The van der Waals surface area contributed by atoms with Crippen molar-refractivity contribution >= 4 is 10.8 Å². The van der Waals surface area contributed by atoms with Gasteiger partial charge in [0, 0.05) is 11.6 Å². The standard InChI is InChI=1S/C17H18N4O/c18-17(9-4-1-5-10-17)16-20-15(21-22-16)14-13-7-3-2-6-12(13)8-11-19-14/h2-3,6-8,11H,1,4-5,9-10,18H2. The van der Waals surface area contributed by atoms with Crippen LogP contribution in [0.25, 0.3) is 22.3 Å². The maximum absolute atomic E-state index is 6.47. The molecule has 2 N–H and O–H groups in total. The topological polar surface area (TPSA) is 77.8 Å². The number of nitrogens with zero attached hydrogens (tertiary/aromatic N) is 3. The Kier molecular flexibility index (Phi) is 3.15. The van der Waals surface area contributed by atoms with Gasteiger partial charge in [-0.15, -0.1) is 0 Å². The summed E-state index contributed by atoms with van der Waals surface area (Å²) in [5.74, 6) is 1.05. The summed E-state index contributed by atoms with van der Waals surface area (Å²) < 4.78 is 5.48. The smallest absolute Gasteiger partial charge is 0.247 e. The Balaban J connectivity index is 1.77. The van der Waals surface area contributed by atoms with Crippen LogP contribution in [0, 0.1) is 0 Å². The van der Waals surface area contributed by atoms with E-state index < -0.39 is 5.54 Å². The quantitative estimate of drug-likeness (QED) is 0.783. The van der Waals surface area contributed by atoms with Crippen LogP contribution in [0.2, 0.25) is 0 Å². The fourth-order valence-electron chi connectivity index (χ4n) is 3.22. The zero-order valence-electron chi connectivity index (χ0n) is 12.3. The van der Waals surface area contributed by atoms with Crippen molar-refractivity contribution in [3.63, 3.8) is 0 Å². The first-order valence-electron chi connectivity index (χ1n) is 7.73. The fourth-order valence-corrected chi connectivity index (χ4v) is 3.22. The molecule has 1 aromatic carbocycles. The van der Waals surface area contributed by atoms with Crippen LogP contribution in [0.5, 0.6) is 0 Å². The SMILES string of the molecule is NC1(c2nc(-c3nccc4ccccc34)no2)CCCCC1. The summed E-state index contributed by atoms with van der Waals surface area (Å²) >= 11 is 0. The van der Waals surface area contributed by atoms with E-state index in [0.717, 1.165) is 42.1 Å². The van der Waals surface area contributed by atoms with Gasteiger partial charge in [0.2, 0.25) is 11.7 Å². The van der Waals surface area contributed by atoms with Crippen molar-refractivity contribution in [3.05, 3.63) is 42.4 Å². The molecule has 0 aliphatic heterocycles. The van der Waals surface area contributed by atoms with E-state index in [9.17, 15) is 0 Å². The van der Waals surface area contributed by atoms with Gasteiger partial charge in [-0.1, -0.05) is 48.7 Å². The summed E-state index contributed by atoms with van der Waals surface area (Å²) in [6.45, 7) is 0. The van der Waals surface area contributed by atoms with Gasteiger partial charge in [-0.05, 0) is 24.3 Å². The molecule has 5 heteroatoms. The molecule has 4 rings (SSSR count). The Bertz CT molecular complexity index is 800. The van der Waals surface area contributed by atoms with Crippen LogP contribution in [0.1, 0.15) is 38.0 Å². The third-order valence-electron chi connectivity index (χ3n) is 4.48. The third kappa shape index (κ3) is 2.18. The maximum Gasteiger partial charge on any atom is 0.247 e. The van der Waals surface area contributed by atoms with Crippen molar-refractivity contribution in [3.8, 4) is 11.5 Å². The number of fused-ring (bicyclic) bond motifs is 1. The number of aromatic nitrogens is 3. The highest BCUT2D eigenvalue weighted by Crippen LogP contribution is 2.35. The number of pyridine rings is 1. The number of rotatable bonds is 2. The molecule has 1 saturated carbocycles. The molecule has 22 heavy (non-hydrogen) atoms. The summed E-state index contributed by atoms with van der Waals surface area (Å²) in [6, 6.07) is 10.0. The monoisotopic (exact) mass is 294 g/mol. The third-order valence-corrected chi connectivity index (χ3v) is 4.48. The summed E-state index contributed by atoms with van der Waals surface area (Å²) in [5.41, 5.74) is 6.73. The lowest BCUT2D eigenvalue weighted by Crippen LogP contribution is -2.38. The number of hydrogen-bond acceptors (Lipinski definition) is 5. The Morgan fingerprint density at radius 3 is 2.73 bits per heavy atom. The summed E-state index contributed by atoms with van der Waals surface area (Å²) in [4.78, 5) is 8.99. The van der Waals surface area contributed by atoms with Crippen LogP contribution in [-0.4, -0.2) is 15.1 Å². The van der Waals surface area contributed by atoms with E-state index in [2.05, 4.69) is 15.1 Å². The van der Waals surface area contributed by atoms with Crippen LogP contribution >= 0.6 is 0 Å². The predicted molar refractivity (Wildman–Crippen MR) is 84.0 cm³/mol. The molecule has 3 aromatic rings. The molecule has 0 unspecified atom stereocenters. The maximum atomic E-state index is 6.47. The van der Waals surface area contributed by atoms with Gasteiger partial charge in [0.25, 0.3) is 0 Å². The average Bonchev–Trinajstić information content (AvgIpc) is 3.06. The normalized spacial score (nSPS) is 17.7. The molecule has 0 spiro atoms. The molecule has 0 bridgehead atoms. The minimum atomic E-state index is -0.478. The highest BCUT2D eigenvalue weighted by atomic mass is 16.5. The molecule has 1 aliphatic carbocycles. The summed E-state index contributed by atoms with van der Waals surface area (Å²) in [7, 11) is 0. The average molecular weight is 294 g/mol. The van der Waals surface area contributed by atoms with E-state index >= 15 is 0 Å². The molecule has 2 heterocycles.